The Bertz CT molecular complexity index is 713. The molecular formula is C22H29N3O2. The van der Waals surface area contributed by atoms with Gasteiger partial charge in [0, 0.05) is 37.6 Å². The molecule has 1 aliphatic carbocycles. The zero-order chi connectivity index (χ0) is 18.9. The standard InChI is InChI=1S/C22H29N3O2/c1-2-27-20(26)24-13-12-21(15-24)16-25(17-21)19-8-10-22(14-23,11-9-19)18-6-4-3-5-7-18/h3-7,19H,2,8-13,15-17H2,1H3. The van der Waals surface area contributed by atoms with Gasteiger partial charge in [-0.1, -0.05) is 30.3 Å². The lowest BCUT2D eigenvalue weighted by Gasteiger charge is -2.53. The molecule has 0 N–H and O–H groups in total. The van der Waals surface area contributed by atoms with Crippen LogP contribution in [0.4, 0.5) is 4.79 Å². The monoisotopic (exact) mass is 367 g/mol. The molecule has 1 amide bonds. The molecule has 27 heavy (non-hydrogen) atoms. The molecule has 2 aliphatic heterocycles. The lowest BCUT2D eigenvalue weighted by atomic mass is 9.67. The summed E-state index contributed by atoms with van der Waals surface area (Å²) in [6, 6.07) is 13.5. The number of carbonyl (C=O) groups excluding carboxylic acids is 1. The van der Waals surface area contributed by atoms with Crippen molar-refractivity contribution in [1.82, 2.24) is 9.80 Å². The fourth-order valence-corrected chi connectivity index (χ4v) is 5.32. The number of nitrogens with zero attached hydrogens (tertiary/aromatic N) is 3. The summed E-state index contributed by atoms with van der Waals surface area (Å²) in [7, 11) is 0. The molecule has 5 nitrogen and oxygen atoms in total. The average molecular weight is 367 g/mol. The molecule has 1 aromatic rings. The molecule has 0 bridgehead atoms. The highest BCUT2D eigenvalue weighted by Crippen LogP contribution is 2.46. The minimum Gasteiger partial charge on any atom is -0.450 e. The normalized spacial score (nSPS) is 29.9. The van der Waals surface area contributed by atoms with E-state index >= 15 is 0 Å². The van der Waals surface area contributed by atoms with Crippen LogP contribution in [0, 0.1) is 16.7 Å². The molecule has 2 saturated heterocycles. The smallest absolute Gasteiger partial charge is 0.409 e. The summed E-state index contributed by atoms with van der Waals surface area (Å²) in [6.07, 6.45) is 4.97. The minimum atomic E-state index is -0.311. The maximum absolute atomic E-state index is 12.0. The predicted molar refractivity (Wildman–Crippen MR) is 103 cm³/mol. The molecule has 1 aromatic carbocycles. The van der Waals surface area contributed by atoms with Gasteiger partial charge in [-0.2, -0.15) is 5.26 Å². The SMILES string of the molecule is CCOC(=O)N1CCC2(C1)CN(C1CCC(C#N)(c3ccccc3)CC1)C2. The topological polar surface area (TPSA) is 56.6 Å². The van der Waals surface area contributed by atoms with Gasteiger partial charge in [0.1, 0.15) is 0 Å². The molecule has 0 radical (unpaired) electrons. The van der Waals surface area contributed by atoms with Crippen molar-refractivity contribution in [3.8, 4) is 6.07 Å². The van der Waals surface area contributed by atoms with Crippen LogP contribution in [-0.4, -0.2) is 54.7 Å². The Kier molecular flexibility index (Phi) is 4.86. The highest BCUT2D eigenvalue weighted by atomic mass is 16.6. The zero-order valence-electron chi connectivity index (χ0n) is 16.2. The van der Waals surface area contributed by atoms with Gasteiger partial charge in [0.15, 0.2) is 0 Å². The Balaban J connectivity index is 1.31. The maximum Gasteiger partial charge on any atom is 0.409 e. The second-order valence-electron chi connectivity index (χ2n) is 8.57. The van der Waals surface area contributed by atoms with Crippen LogP contribution < -0.4 is 0 Å². The molecular weight excluding hydrogens is 338 g/mol. The number of carbonyl (C=O) groups is 1. The lowest BCUT2D eigenvalue weighted by Crippen LogP contribution is -2.61. The molecule has 5 heteroatoms. The maximum atomic E-state index is 12.0. The number of benzene rings is 1. The van der Waals surface area contributed by atoms with Gasteiger partial charge < -0.3 is 9.64 Å². The first kappa shape index (κ1) is 18.3. The van der Waals surface area contributed by atoms with E-state index < -0.39 is 0 Å². The summed E-state index contributed by atoms with van der Waals surface area (Å²) in [5.74, 6) is 0. The van der Waals surface area contributed by atoms with E-state index in [1.807, 2.05) is 30.0 Å². The number of likely N-dealkylation sites (tertiary alicyclic amines) is 2. The third-order valence-electron chi connectivity index (χ3n) is 6.91. The van der Waals surface area contributed by atoms with Crippen LogP contribution in [0.2, 0.25) is 0 Å². The number of ether oxygens (including phenoxy) is 1. The van der Waals surface area contributed by atoms with Gasteiger partial charge >= 0.3 is 6.09 Å². The summed E-state index contributed by atoms with van der Waals surface area (Å²) in [5, 5.41) is 9.87. The van der Waals surface area contributed by atoms with Crippen LogP contribution in [0.25, 0.3) is 0 Å². The van der Waals surface area contributed by atoms with Crippen LogP contribution in [0.5, 0.6) is 0 Å². The number of nitriles is 1. The van der Waals surface area contributed by atoms with Gasteiger partial charge in [-0.05, 0) is 44.6 Å². The fourth-order valence-electron chi connectivity index (χ4n) is 5.32. The minimum absolute atomic E-state index is 0.160. The molecule has 0 atom stereocenters. The van der Waals surface area contributed by atoms with Crippen molar-refractivity contribution in [3.05, 3.63) is 35.9 Å². The van der Waals surface area contributed by atoms with Crippen molar-refractivity contribution in [3.63, 3.8) is 0 Å². The van der Waals surface area contributed by atoms with E-state index in [1.165, 1.54) is 5.56 Å². The second kappa shape index (κ2) is 7.16. The number of amides is 1. The summed E-state index contributed by atoms with van der Waals surface area (Å²) >= 11 is 0. The molecule has 144 valence electrons. The Labute approximate surface area is 161 Å². The van der Waals surface area contributed by atoms with Crippen molar-refractivity contribution < 1.29 is 9.53 Å². The van der Waals surface area contributed by atoms with Crippen LogP contribution in [0.3, 0.4) is 0 Å². The van der Waals surface area contributed by atoms with Gasteiger partial charge in [-0.3, -0.25) is 4.90 Å². The van der Waals surface area contributed by atoms with Crippen molar-refractivity contribution in [2.75, 3.05) is 32.8 Å². The zero-order valence-corrected chi connectivity index (χ0v) is 16.2. The van der Waals surface area contributed by atoms with Crippen LogP contribution in [-0.2, 0) is 10.2 Å². The molecule has 3 aliphatic rings. The summed E-state index contributed by atoms with van der Waals surface area (Å²) in [5.41, 5.74) is 1.14. The molecule has 2 heterocycles. The van der Waals surface area contributed by atoms with Gasteiger partial charge in [0.05, 0.1) is 18.1 Å². The van der Waals surface area contributed by atoms with E-state index in [4.69, 9.17) is 4.74 Å². The Morgan fingerprint density at radius 2 is 1.89 bits per heavy atom. The number of hydrogen-bond donors (Lipinski definition) is 0. The number of hydrogen-bond acceptors (Lipinski definition) is 4. The van der Waals surface area contributed by atoms with Gasteiger partial charge in [-0.15, -0.1) is 0 Å². The highest BCUT2D eigenvalue weighted by Gasteiger charge is 2.51. The first-order valence-corrected chi connectivity index (χ1v) is 10.2. The van der Waals surface area contributed by atoms with E-state index in [9.17, 15) is 10.1 Å². The third-order valence-corrected chi connectivity index (χ3v) is 6.91. The Hall–Kier alpha value is -2.06. The summed E-state index contributed by atoms with van der Waals surface area (Å²) in [4.78, 5) is 16.4. The van der Waals surface area contributed by atoms with E-state index in [-0.39, 0.29) is 16.9 Å². The summed E-state index contributed by atoms with van der Waals surface area (Å²) < 4.78 is 5.15. The average Bonchev–Trinajstić information content (AvgIpc) is 3.14. The third kappa shape index (κ3) is 3.32. The molecule has 0 aromatic heterocycles. The van der Waals surface area contributed by atoms with E-state index in [0.717, 1.165) is 58.3 Å². The number of rotatable bonds is 3. The van der Waals surface area contributed by atoms with E-state index in [0.29, 0.717) is 12.6 Å². The van der Waals surface area contributed by atoms with Crippen molar-refractivity contribution in [1.29, 1.82) is 5.26 Å². The molecule has 0 unspecified atom stereocenters. The quantitative estimate of drug-likeness (QED) is 0.820. The molecule has 1 saturated carbocycles. The molecule has 3 fully saturated rings. The van der Waals surface area contributed by atoms with Crippen molar-refractivity contribution >= 4 is 6.09 Å². The largest absolute Gasteiger partial charge is 0.450 e. The van der Waals surface area contributed by atoms with Crippen LogP contribution in [0.1, 0.15) is 44.6 Å². The summed E-state index contributed by atoms with van der Waals surface area (Å²) in [6.45, 7) is 6.12. The Morgan fingerprint density at radius 1 is 1.19 bits per heavy atom. The first-order chi connectivity index (χ1) is 13.1. The predicted octanol–water partition coefficient (Wildman–Crippen LogP) is 3.55. The second-order valence-corrected chi connectivity index (χ2v) is 8.57. The van der Waals surface area contributed by atoms with Crippen LogP contribution in [0.15, 0.2) is 30.3 Å². The van der Waals surface area contributed by atoms with Crippen molar-refractivity contribution in [2.45, 2.75) is 50.5 Å². The van der Waals surface area contributed by atoms with E-state index in [1.54, 1.807) is 0 Å². The Morgan fingerprint density at radius 3 is 2.52 bits per heavy atom. The van der Waals surface area contributed by atoms with E-state index in [2.05, 4.69) is 23.1 Å². The van der Waals surface area contributed by atoms with Gasteiger partial charge in [0.25, 0.3) is 0 Å². The first-order valence-electron chi connectivity index (χ1n) is 10.2. The molecule has 4 rings (SSSR count). The molecule has 1 spiro atoms. The van der Waals surface area contributed by atoms with Crippen molar-refractivity contribution in [2.24, 2.45) is 5.41 Å². The van der Waals surface area contributed by atoms with Gasteiger partial charge in [-0.25, -0.2) is 4.79 Å². The highest BCUT2D eigenvalue weighted by molar-refractivity contribution is 5.68. The van der Waals surface area contributed by atoms with Crippen LogP contribution >= 0.6 is 0 Å². The van der Waals surface area contributed by atoms with Gasteiger partial charge in [0.2, 0.25) is 0 Å². The fraction of sp³-hybridized carbons (Fsp3) is 0.636. The lowest BCUT2D eigenvalue weighted by molar-refractivity contribution is -0.0377.